The molecule has 0 aliphatic carbocycles. The second-order valence-corrected chi connectivity index (χ2v) is 5.49. The van der Waals surface area contributed by atoms with Gasteiger partial charge in [-0.25, -0.2) is 0 Å². The normalized spacial score (nSPS) is 10.6. The number of anilines is 1. The van der Waals surface area contributed by atoms with Gasteiger partial charge in [-0.15, -0.1) is 0 Å². The lowest BCUT2D eigenvalue weighted by atomic mass is 10.2. The predicted octanol–water partition coefficient (Wildman–Crippen LogP) is 4.92. The monoisotopic (exact) mass is 339 g/mol. The van der Waals surface area contributed by atoms with Crippen LogP contribution in [0.5, 0.6) is 11.5 Å². The lowest BCUT2D eigenvalue weighted by Gasteiger charge is -2.10. The van der Waals surface area contributed by atoms with Gasteiger partial charge in [0.2, 0.25) is 5.91 Å². The van der Waals surface area contributed by atoms with Gasteiger partial charge in [0.25, 0.3) is 0 Å². The van der Waals surface area contributed by atoms with Gasteiger partial charge in [0.15, 0.2) is 0 Å². The highest BCUT2D eigenvalue weighted by Gasteiger charge is 2.05. The fraction of sp³-hybridized carbons (Fsp3) is 0.286. The molecule has 0 unspecified atom stereocenters. The summed E-state index contributed by atoms with van der Waals surface area (Å²) in [6.07, 6.45) is 5.36. The minimum atomic E-state index is -0.212. The Morgan fingerprint density at radius 2 is 1.72 bits per heavy atom. The van der Waals surface area contributed by atoms with E-state index in [1.54, 1.807) is 6.08 Å². The molecule has 2 aromatic carbocycles. The lowest BCUT2D eigenvalue weighted by Crippen LogP contribution is -2.09. The van der Waals surface area contributed by atoms with Gasteiger partial charge in [0, 0.05) is 11.6 Å². The molecule has 2 rings (SSSR count). The molecule has 0 aliphatic rings. The molecule has 0 atom stereocenters. The highest BCUT2D eigenvalue weighted by atomic mass is 16.5. The number of para-hydroxylation sites is 3. The van der Waals surface area contributed by atoms with Crippen molar-refractivity contribution >= 4 is 17.7 Å². The van der Waals surface area contributed by atoms with Crippen molar-refractivity contribution < 1.29 is 14.3 Å². The quantitative estimate of drug-likeness (QED) is 0.521. The fourth-order valence-corrected chi connectivity index (χ4v) is 2.27. The Morgan fingerprint density at radius 3 is 2.48 bits per heavy atom. The molecule has 0 radical (unpaired) electrons. The number of hydrogen-bond acceptors (Lipinski definition) is 3. The first kappa shape index (κ1) is 18.6. The van der Waals surface area contributed by atoms with Crippen LogP contribution < -0.4 is 14.8 Å². The van der Waals surface area contributed by atoms with Crippen LogP contribution in [-0.2, 0) is 4.79 Å². The van der Waals surface area contributed by atoms with E-state index < -0.39 is 0 Å². The lowest BCUT2D eigenvalue weighted by molar-refractivity contribution is -0.111. The maximum atomic E-state index is 12.2. The van der Waals surface area contributed by atoms with Gasteiger partial charge in [0.05, 0.1) is 18.9 Å². The van der Waals surface area contributed by atoms with Crippen LogP contribution in [0.3, 0.4) is 0 Å². The van der Waals surface area contributed by atoms with Crippen molar-refractivity contribution in [3.05, 3.63) is 60.2 Å². The molecule has 1 amide bonds. The molecule has 0 saturated heterocycles. The first-order chi connectivity index (χ1) is 12.2. The third-order valence-corrected chi connectivity index (χ3v) is 3.53. The van der Waals surface area contributed by atoms with Gasteiger partial charge in [-0.05, 0) is 37.6 Å². The molecular weight excluding hydrogens is 314 g/mol. The minimum Gasteiger partial charge on any atom is -0.493 e. The summed E-state index contributed by atoms with van der Waals surface area (Å²) in [4.78, 5) is 12.2. The zero-order valence-corrected chi connectivity index (χ0v) is 14.8. The highest BCUT2D eigenvalue weighted by Crippen LogP contribution is 2.24. The fourth-order valence-electron chi connectivity index (χ4n) is 2.27. The minimum absolute atomic E-state index is 0.212. The van der Waals surface area contributed by atoms with E-state index in [0.717, 1.165) is 24.2 Å². The van der Waals surface area contributed by atoms with E-state index in [0.29, 0.717) is 24.7 Å². The first-order valence-electron chi connectivity index (χ1n) is 8.67. The average Bonchev–Trinajstić information content (AvgIpc) is 2.63. The Labute approximate surface area is 149 Å². The number of amides is 1. The molecule has 1 N–H and O–H groups in total. The van der Waals surface area contributed by atoms with Crippen LogP contribution in [0.15, 0.2) is 54.6 Å². The van der Waals surface area contributed by atoms with Gasteiger partial charge < -0.3 is 14.8 Å². The van der Waals surface area contributed by atoms with E-state index in [1.807, 2.05) is 55.5 Å². The molecule has 0 heterocycles. The molecule has 132 valence electrons. The second kappa shape index (κ2) is 10.2. The van der Waals surface area contributed by atoms with Gasteiger partial charge in [0.1, 0.15) is 11.5 Å². The maximum absolute atomic E-state index is 12.2. The van der Waals surface area contributed by atoms with Crippen LogP contribution in [0.1, 0.15) is 32.3 Å². The van der Waals surface area contributed by atoms with E-state index in [9.17, 15) is 4.79 Å². The van der Waals surface area contributed by atoms with Crippen LogP contribution in [0, 0.1) is 0 Å². The Morgan fingerprint density at radius 1 is 1.00 bits per heavy atom. The van der Waals surface area contributed by atoms with Crippen molar-refractivity contribution in [1.29, 1.82) is 0 Å². The first-order valence-corrected chi connectivity index (χ1v) is 8.67. The number of rotatable bonds is 9. The van der Waals surface area contributed by atoms with E-state index >= 15 is 0 Å². The smallest absolute Gasteiger partial charge is 0.248 e. The maximum Gasteiger partial charge on any atom is 0.248 e. The molecule has 0 fully saturated rings. The van der Waals surface area contributed by atoms with Crippen LogP contribution >= 0.6 is 0 Å². The largest absolute Gasteiger partial charge is 0.493 e. The van der Waals surface area contributed by atoms with Crippen molar-refractivity contribution in [2.24, 2.45) is 0 Å². The number of ether oxygens (including phenoxy) is 2. The third-order valence-electron chi connectivity index (χ3n) is 3.53. The molecule has 25 heavy (non-hydrogen) atoms. The summed E-state index contributed by atoms with van der Waals surface area (Å²) < 4.78 is 11.3. The number of hydrogen-bond donors (Lipinski definition) is 1. The topological polar surface area (TPSA) is 47.6 Å². The zero-order valence-electron chi connectivity index (χ0n) is 14.8. The van der Waals surface area contributed by atoms with Crippen molar-refractivity contribution in [3.63, 3.8) is 0 Å². The summed E-state index contributed by atoms with van der Waals surface area (Å²) in [5.41, 5.74) is 1.54. The molecule has 4 heteroatoms. The Balaban J connectivity index is 2.03. The molecule has 0 bridgehead atoms. The van der Waals surface area contributed by atoms with Crippen LogP contribution in [0.25, 0.3) is 6.08 Å². The Bertz CT molecular complexity index is 710. The van der Waals surface area contributed by atoms with Crippen molar-refractivity contribution in [3.8, 4) is 11.5 Å². The molecule has 4 nitrogen and oxygen atoms in total. The standard InChI is InChI=1S/C21H25NO3/c1-3-5-16-25-19-12-8-6-10-17(19)14-15-21(23)22-18-11-7-9-13-20(18)24-4-2/h6-15H,3-5,16H2,1-2H3,(H,22,23)/b15-14+. The van der Waals surface area contributed by atoms with Crippen LogP contribution in [0.2, 0.25) is 0 Å². The summed E-state index contributed by atoms with van der Waals surface area (Å²) >= 11 is 0. The summed E-state index contributed by atoms with van der Waals surface area (Å²) in [5.74, 6) is 1.24. The number of carbonyl (C=O) groups is 1. The van der Waals surface area contributed by atoms with Crippen molar-refractivity contribution in [1.82, 2.24) is 0 Å². The SMILES string of the molecule is CCCCOc1ccccc1/C=C/C(=O)Nc1ccccc1OCC. The summed E-state index contributed by atoms with van der Waals surface area (Å²) in [6, 6.07) is 15.1. The number of unbranched alkanes of at least 4 members (excludes halogenated alkanes) is 1. The van der Waals surface area contributed by atoms with Crippen molar-refractivity contribution in [2.75, 3.05) is 18.5 Å². The predicted molar refractivity (Wildman–Crippen MR) is 102 cm³/mol. The summed E-state index contributed by atoms with van der Waals surface area (Å²) in [5, 5.41) is 2.85. The molecule has 2 aromatic rings. The summed E-state index contributed by atoms with van der Waals surface area (Å²) in [7, 11) is 0. The number of nitrogens with one attached hydrogen (secondary N) is 1. The van der Waals surface area contributed by atoms with Crippen molar-refractivity contribution in [2.45, 2.75) is 26.7 Å². The summed E-state index contributed by atoms with van der Waals surface area (Å²) in [6.45, 7) is 5.26. The highest BCUT2D eigenvalue weighted by molar-refractivity contribution is 6.02. The van der Waals surface area contributed by atoms with Gasteiger partial charge in [-0.2, -0.15) is 0 Å². The van der Waals surface area contributed by atoms with Crippen LogP contribution in [-0.4, -0.2) is 19.1 Å². The Kier molecular flexibility index (Phi) is 7.57. The third kappa shape index (κ3) is 5.99. The molecule has 0 saturated carbocycles. The van der Waals surface area contributed by atoms with Gasteiger partial charge >= 0.3 is 0 Å². The second-order valence-electron chi connectivity index (χ2n) is 5.49. The molecule has 0 spiro atoms. The van der Waals surface area contributed by atoms with Gasteiger partial charge in [-0.3, -0.25) is 4.79 Å². The zero-order chi connectivity index (χ0) is 17.9. The number of carbonyl (C=O) groups excluding carboxylic acids is 1. The van der Waals surface area contributed by atoms with E-state index in [-0.39, 0.29) is 5.91 Å². The van der Waals surface area contributed by atoms with E-state index in [2.05, 4.69) is 12.2 Å². The Hall–Kier alpha value is -2.75. The molecular formula is C21H25NO3. The van der Waals surface area contributed by atoms with E-state index in [4.69, 9.17) is 9.47 Å². The number of benzene rings is 2. The molecule has 0 aromatic heterocycles. The average molecular weight is 339 g/mol. The molecule has 0 aliphatic heterocycles. The van der Waals surface area contributed by atoms with Gasteiger partial charge in [-0.1, -0.05) is 43.7 Å². The van der Waals surface area contributed by atoms with Crippen LogP contribution in [0.4, 0.5) is 5.69 Å². The van der Waals surface area contributed by atoms with E-state index in [1.165, 1.54) is 6.08 Å².